The van der Waals surface area contributed by atoms with Crippen molar-refractivity contribution in [2.75, 3.05) is 6.26 Å². The molecule has 0 saturated heterocycles. The molecule has 0 unspecified atom stereocenters. The summed E-state index contributed by atoms with van der Waals surface area (Å²) >= 11 is 6.05. The maximum absolute atomic E-state index is 12.6. The first-order chi connectivity index (χ1) is 11.8. The summed E-state index contributed by atoms with van der Waals surface area (Å²) in [6, 6.07) is 14.6. The number of aryl methyl sites for hydroxylation is 1. The molecule has 0 fully saturated rings. The van der Waals surface area contributed by atoms with Gasteiger partial charge in [-0.05, 0) is 48.9 Å². The minimum absolute atomic E-state index is 0.187. The molecule has 3 rings (SSSR count). The molecule has 1 aromatic heterocycles. The minimum atomic E-state index is -3.30. The summed E-state index contributed by atoms with van der Waals surface area (Å²) in [5, 5.41) is 0.510. The molecule has 6 heteroatoms. The molecule has 0 aliphatic rings. The average molecular weight is 375 g/mol. The van der Waals surface area contributed by atoms with Crippen LogP contribution in [0.25, 0.3) is 22.5 Å². The molecule has 128 valence electrons. The van der Waals surface area contributed by atoms with Crippen LogP contribution in [0.2, 0.25) is 5.02 Å². The van der Waals surface area contributed by atoms with E-state index < -0.39 is 9.84 Å². The van der Waals surface area contributed by atoms with Gasteiger partial charge in [-0.15, -0.1) is 0 Å². The number of benzene rings is 2. The molecule has 0 radical (unpaired) electrons. The van der Waals surface area contributed by atoms with Crippen molar-refractivity contribution in [1.82, 2.24) is 0 Å². The maximum atomic E-state index is 12.6. The van der Waals surface area contributed by atoms with Crippen LogP contribution in [0.4, 0.5) is 0 Å². The standard InChI is InChI=1S/C19H15ClO4S/c1-12-10-17(21)18(14-4-3-5-15(20)11-14)19(24-12)13-6-8-16(9-7-13)25(2,22)23/h3-11H,1-2H3. The van der Waals surface area contributed by atoms with E-state index >= 15 is 0 Å². The molecular formula is C19H15ClO4S. The molecule has 0 N–H and O–H groups in total. The van der Waals surface area contributed by atoms with Gasteiger partial charge in [0.05, 0.1) is 10.5 Å². The van der Waals surface area contributed by atoms with Crippen molar-refractivity contribution in [2.24, 2.45) is 0 Å². The monoisotopic (exact) mass is 374 g/mol. The molecule has 0 aliphatic heterocycles. The predicted molar refractivity (Wildman–Crippen MR) is 98.7 cm³/mol. The number of halogens is 1. The van der Waals surface area contributed by atoms with Crippen molar-refractivity contribution < 1.29 is 12.8 Å². The summed E-state index contributed by atoms with van der Waals surface area (Å²) in [6.07, 6.45) is 1.15. The lowest BCUT2D eigenvalue weighted by Crippen LogP contribution is -2.06. The topological polar surface area (TPSA) is 64.3 Å². The van der Waals surface area contributed by atoms with Crippen molar-refractivity contribution >= 4 is 21.4 Å². The molecule has 2 aromatic carbocycles. The molecule has 1 heterocycles. The Morgan fingerprint density at radius 1 is 0.960 bits per heavy atom. The summed E-state index contributed by atoms with van der Waals surface area (Å²) in [6.45, 7) is 1.69. The van der Waals surface area contributed by atoms with Crippen LogP contribution in [0.5, 0.6) is 0 Å². The van der Waals surface area contributed by atoms with Gasteiger partial charge in [0.15, 0.2) is 15.3 Å². The molecule has 0 saturated carbocycles. The minimum Gasteiger partial charge on any atom is -0.460 e. The summed E-state index contributed by atoms with van der Waals surface area (Å²) in [7, 11) is -3.30. The molecule has 0 aliphatic carbocycles. The second kappa shape index (κ2) is 6.50. The fourth-order valence-electron chi connectivity index (χ4n) is 2.58. The van der Waals surface area contributed by atoms with Crippen molar-refractivity contribution in [2.45, 2.75) is 11.8 Å². The van der Waals surface area contributed by atoms with Crippen LogP contribution in [-0.2, 0) is 9.84 Å². The third-order valence-electron chi connectivity index (χ3n) is 3.73. The third kappa shape index (κ3) is 3.67. The lowest BCUT2D eigenvalue weighted by molar-refractivity contribution is 0.531. The lowest BCUT2D eigenvalue weighted by atomic mass is 10.00. The molecule has 0 atom stereocenters. The van der Waals surface area contributed by atoms with Gasteiger partial charge in [-0.3, -0.25) is 4.79 Å². The van der Waals surface area contributed by atoms with Crippen LogP contribution in [-0.4, -0.2) is 14.7 Å². The van der Waals surface area contributed by atoms with Gasteiger partial charge in [0.25, 0.3) is 0 Å². The summed E-state index contributed by atoms with van der Waals surface area (Å²) in [5.74, 6) is 0.852. The van der Waals surface area contributed by atoms with Crippen molar-refractivity contribution in [3.8, 4) is 22.5 Å². The van der Waals surface area contributed by atoms with Crippen LogP contribution in [0, 0.1) is 6.92 Å². The summed E-state index contributed by atoms with van der Waals surface area (Å²) in [4.78, 5) is 12.8. The largest absolute Gasteiger partial charge is 0.460 e. The van der Waals surface area contributed by atoms with Gasteiger partial charge in [0.1, 0.15) is 11.5 Å². The zero-order chi connectivity index (χ0) is 18.2. The highest BCUT2D eigenvalue weighted by molar-refractivity contribution is 7.90. The second-order valence-corrected chi connectivity index (χ2v) is 8.18. The highest BCUT2D eigenvalue weighted by atomic mass is 35.5. The van der Waals surface area contributed by atoms with Crippen LogP contribution in [0.3, 0.4) is 0 Å². The van der Waals surface area contributed by atoms with Crippen LogP contribution in [0.1, 0.15) is 5.76 Å². The van der Waals surface area contributed by atoms with E-state index in [9.17, 15) is 13.2 Å². The van der Waals surface area contributed by atoms with E-state index in [1.807, 2.05) is 0 Å². The Kier molecular flexibility index (Phi) is 4.54. The zero-order valence-corrected chi connectivity index (χ0v) is 15.2. The normalized spacial score (nSPS) is 11.5. The molecule has 0 bridgehead atoms. The smallest absolute Gasteiger partial charge is 0.193 e. The maximum Gasteiger partial charge on any atom is 0.193 e. The molecule has 0 spiro atoms. The zero-order valence-electron chi connectivity index (χ0n) is 13.6. The third-order valence-corrected chi connectivity index (χ3v) is 5.09. The molecule has 0 amide bonds. The van der Waals surface area contributed by atoms with Gasteiger partial charge in [-0.2, -0.15) is 0 Å². The quantitative estimate of drug-likeness (QED) is 0.684. The van der Waals surface area contributed by atoms with Crippen LogP contribution >= 0.6 is 11.6 Å². The SMILES string of the molecule is Cc1cc(=O)c(-c2cccc(Cl)c2)c(-c2ccc(S(C)(=O)=O)cc2)o1. The van der Waals surface area contributed by atoms with E-state index in [0.29, 0.717) is 33.2 Å². The van der Waals surface area contributed by atoms with Gasteiger partial charge in [0, 0.05) is 22.9 Å². The number of hydrogen-bond acceptors (Lipinski definition) is 4. The summed E-state index contributed by atoms with van der Waals surface area (Å²) < 4.78 is 29.1. The van der Waals surface area contributed by atoms with Gasteiger partial charge in [0.2, 0.25) is 0 Å². The predicted octanol–water partition coefficient (Wildman–Crippen LogP) is 4.34. The Labute approximate surface area is 150 Å². The average Bonchev–Trinajstić information content (AvgIpc) is 2.53. The van der Waals surface area contributed by atoms with E-state index in [2.05, 4.69) is 0 Å². The Bertz CT molecular complexity index is 1100. The molecule has 25 heavy (non-hydrogen) atoms. The Morgan fingerprint density at radius 2 is 1.64 bits per heavy atom. The van der Waals surface area contributed by atoms with Crippen LogP contribution in [0.15, 0.2) is 68.7 Å². The number of hydrogen-bond donors (Lipinski definition) is 0. The second-order valence-electron chi connectivity index (χ2n) is 5.73. The van der Waals surface area contributed by atoms with E-state index in [1.54, 1.807) is 43.3 Å². The van der Waals surface area contributed by atoms with Crippen molar-refractivity contribution in [1.29, 1.82) is 0 Å². The number of sulfone groups is 1. The van der Waals surface area contributed by atoms with Gasteiger partial charge in [-0.25, -0.2) is 8.42 Å². The number of rotatable bonds is 3. The van der Waals surface area contributed by atoms with E-state index in [1.165, 1.54) is 18.2 Å². The Balaban J connectivity index is 2.24. The van der Waals surface area contributed by atoms with Gasteiger partial charge in [-0.1, -0.05) is 23.7 Å². The fraction of sp³-hybridized carbons (Fsp3) is 0.105. The molecule has 4 nitrogen and oxygen atoms in total. The Morgan fingerprint density at radius 3 is 2.24 bits per heavy atom. The van der Waals surface area contributed by atoms with Crippen molar-refractivity contribution in [3.05, 3.63) is 75.6 Å². The van der Waals surface area contributed by atoms with E-state index in [0.717, 1.165) is 6.26 Å². The van der Waals surface area contributed by atoms with E-state index in [-0.39, 0.29) is 10.3 Å². The highest BCUT2D eigenvalue weighted by Crippen LogP contribution is 2.32. The summed E-state index contributed by atoms with van der Waals surface area (Å²) in [5.41, 5.74) is 1.46. The fourth-order valence-corrected chi connectivity index (χ4v) is 3.41. The van der Waals surface area contributed by atoms with Crippen molar-refractivity contribution in [3.63, 3.8) is 0 Å². The first-order valence-electron chi connectivity index (χ1n) is 7.47. The van der Waals surface area contributed by atoms with Crippen LogP contribution < -0.4 is 5.43 Å². The Hall–Kier alpha value is -2.37. The molecular weight excluding hydrogens is 360 g/mol. The first kappa shape index (κ1) is 17.5. The molecule has 3 aromatic rings. The van der Waals surface area contributed by atoms with Gasteiger partial charge < -0.3 is 4.42 Å². The lowest BCUT2D eigenvalue weighted by Gasteiger charge is -2.10. The van der Waals surface area contributed by atoms with E-state index in [4.69, 9.17) is 16.0 Å². The highest BCUT2D eigenvalue weighted by Gasteiger charge is 2.16. The first-order valence-corrected chi connectivity index (χ1v) is 9.74. The van der Waals surface area contributed by atoms with Gasteiger partial charge >= 0.3 is 0 Å².